The molecule has 0 heterocycles. The Bertz CT molecular complexity index is 549. The molecule has 0 aliphatic carbocycles. The Hall–Kier alpha value is -1.87. The third-order valence-electron chi connectivity index (χ3n) is 3.20. The van der Waals surface area contributed by atoms with Crippen molar-refractivity contribution in [3.05, 3.63) is 65.0 Å². The predicted octanol–water partition coefficient (Wildman–Crippen LogP) is 3.48. The molecule has 0 amide bonds. The molecule has 0 aromatic heterocycles. The summed E-state index contributed by atoms with van der Waals surface area (Å²) in [5, 5.41) is 10.2. The molecule has 0 radical (unpaired) electrons. The molecule has 19 heavy (non-hydrogen) atoms. The quantitative estimate of drug-likeness (QED) is 0.912. The third kappa shape index (κ3) is 2.93. The molecule has 1 N–H and O–H groups in total. The second kappa shape index (κ2) is 5.85. The molecule has 2 aromatic rings. The van der Waals surface area contributed by atoms with Crippen LogP contribution in [0.25, 0.3) is 0 Å². The number of aliphatic hydroxyl groups excluding tert-OH is 1. The number of halogens is 1. The van der Waals surface area contributed by atoms with Gasteiger partial charge < -0.3 is 9.84 Å². The lowest BCUT2D eigenvalue weighted by Crippen LogP contribution is -2.01. The van der Waals surface area contributed by atoms with Crippen LogP contribution in [0.1, 0.15) is 29.7 Å². The largest absolute Gasteiger partial charge is 0.494 e. The standard InChI is InChI=1S/C16H17FO2/c1-3-11-4-6-12(7-5-11)16(18)13-8-9-15(19-2)14(17)10-13/h4-10,16,18H,3H2,1-2H3. The summed E-state index contributed by atoms with van der Waals surface area (Å²) in [6, 6.07) is 12.2. The van der Waals surface area contributed by atoms with Crippen molar-refractivity contribution in [2.45, 2.75) is 19.4 Å². The van der Waals surface area contributed by atoms with Crippen molar-refractivity contribution in [3.8, 4) is 5.75 Å². The molecular weight excluding hydrogens is 243 g/mol. The van der Waals surface area contributed by atoms with E-state index in [-0.39, 0.29) is 5.75 Å². The van der Waals surface area contributed by atoms with Gasteiger partial charge in [-0.2, -0.15) is 0 Å². The molecular formula is C16H17FO2. The fourth-order valence-corrected chi connectivity index (χ4v) is 1.98. The average molecular weight is 260 g/mol. The number of aliphatic hydroxyl groups is 1. The topological polar surface area (TPSA) is 29.5 Å². The van der Waals surface area contributed by atoms with Crippen molar-refractivity contribution < 1.29 is 14.2 Å². The van der Waals surface area contributed by atoms with Gasteiger partial charge in [-0.1, -0.05) is 37.3 Å². The number of methoxy groups -OCH3 is 1. The molecule has 2 aromatic carbocycles. The van der Waals surface area contributed by atoms with E-state index >= 15 is 0 Å². The minimum Gasteiger partial charge on any atom is -0.494 e. The molecule has 0 spiro atoms. The van der Waals surface area contributed by atoms with E-state index in [1.54, 1.807) is 6.07 Å². The number of aryl methyl sites for hydroxylation is 1. The summed E-state index contributed by atoms with van der Waals surface area (Å²) in [4.78, 5) is 0. The van der Waals surface area contributed by atoms with Gasteiger partial charge in [0.2, 0.25) is 0 Å². The van der Waals surface area contributed by atoms with Gasteiger partial charge in [0.05, 0.1) is 7.11 Å². The number of hydrogen-bond donors (Lipinski definition) is 1. The second-order valence-electron chi connectivity index (χ2n) is 4.39. The van der Waals surface area contributed by atoms with Gasteiger partial charge in [0, 0.05) is 0 Å². The summed E-state index contributed by atoms with van der Waals surface area (Å²) in [7, 11) is 1.41. The van der Waals surface area contributed by atoms with Crippen LogP contribution in [0.5, 0.6) is 5.75 Å². The molecule has 2 nitrogen and oxygen atoms in total. The Morgan fingerprint density at radius 2 is 1.74 bits per heavy atom. The molecule has 1 atom stereocenters. The highest BCUT2D eigenvalue weighted by atomic mass is 19.1. The van der Waals surface area contributed by atoms with Crippen LogP contribution in [0.15, 0.2) is 42.5 Å². The van der Waals surface area contributed by atoms with Crippen molar-refractivity contribution >= 4 is 0 Å². The maximum Gasteiger partial charge on any atom is 0.165 e. The van der Waals surface area contributed by atoms with Gasteiger partial charge in [-0.25, -0.2) is 4.39 Å². The molecule has 0 saturated heterocycles. The van der Waals surface area contributed by atoms with Crippen LogP contribution in [-0.2, 0) is 6.42 Å². The van der Waals surface area contributed by atoms with Crippen LogP contribution in [0, 0.1) is 5.82 Å². The number of rotatable bonds is 4. The molecule has 2 rings (SSSR count). The molecule has 3 heteroatoms. The number of hydrogen-bond acceptors (Lipinski definition) is 2. The van der Waals surface area contributed by atoms with E-state index in [1.165, 1.54) is 24.8 Å². The smallest absolute Gasteiger partial charge is 0.165 e. The lowest BCUT2D eigenvalue weighted by molar-refractivity contribution is 0.219. The fourth-order valence-electron chi connectivity index (χ4n) is 1.98. The van der Waals surface area contributed by atoms with E-state index in [1.807, 2.05) is 24.3 Å². The minimum atomic E-state index is -0.827. The summed E-state index contributed by atoms with van der Waals surface area (Å²) >= 11 is 0. The monoisotopic (exact) mass is 260 g/mol. The first-order valence-corrected chi connectivity index (χ1v) is 6.26. The van der Waals surface area contributed by atoms with Crippen LogP contribution >= 0.6 is 0 Å². The highest BCUT2D eigenvalue weighted by Gasteiger charge is 2.13. The van der Waals surface area contributed by atoms with E-state index in [0.29, 0.717) is 5.56 Å². The molecule has 0 bridgehead atoms. The summed E-state index contributed by atoms with van der Waals surface area (Å²) in [5.74, 6) is -0.290. The molecule has 100 valence electrons. The van der Waals surface area contributed by atoms with Gasteiger partial charge in [0.15, 0.2) is 11.6 Å². The van der Waals surface area contributed by atoms with Crippen LogP contribution in [0.3, 0.4) is 0 Å². The van der Waals surface area contributed by atoms with E-state index in [4.69, 9.17) is 4.74 Å². The Morgan fingerprint density at radius 1 is 1.11 bits per heavy atom. The van der Waals surface area contributed by atoms with Crippen LogP contribution in [-0.4, -0.2) is 12.2 Å². The van der Waals surface area contributed by atoms with Crippen molar-refractivity contribution in [2.24, 2.45) is 0 Å². The van der Waals surface area contributed by atoms with Crippen molar-refractivity contribution in [2.75, 3.05) is 7.11 Å². The van der Waals surface area contributed by atoms with Crippen LogP contribution < -0.4 is 4.74 Å². The lowest BCUT2D eigenvalue weighted by Gasteiger charge is -2.13. The van der Waals surface area contributed by atoms with Gasteiger partial charge in [-0.05, 0) is 35.2 Å². The Balaban J connectivity index is 2.27. The van der Waals surface area contributed by atoms with Gasteiger partial charge in [-0.15, -0.1) is 0 Å². The normalized spacial score (nSPS) is 12.2. The van der Waals surface area contributed by atoms with Gasteiger partial charge in [-0.3, -0.25) is 0 Å². The highest BCUT2D eigenvalue weighted by molar-refractivity contribution is 5.36. The zero-order chi connectivity index (χ0) is 13.8. The molecule has 0 saturated carbocycles. The van der Waals surface area contributed by atoms with E-state index in [9.17, 15) is 9.50 Å². The Morgan fingerprint density at radius 3 is 2.26 bits per heavy atom. The first-order valence-electron chi connectivity index (χ1n) is 6.26. The maximum atomic E-state index is 13.6. The lowest BCUT2D eigenvalue weighted by atomic mass is 9.99. The minimum absolute atomic E-state index is 0.178. The van der Waals surface area contributed by atoms with E-state index < -0.39 is 11.9 Å². The summed E-state index contributed by atoms with van der Waals surface area (Å²) < 4.78 is 18.5. The highest BCUT2D eigenvalue weighted by Crippen LogP contribution is 2.26. The fraction of sp³-hybridized carbons (Fsp3) is 0.250. The van der Waals surface area contributed by atoms with Gasteiger partial charge in [0.25, 0.3) is 0 Å². The van der Waals surface area contributed by atoms with Crippen molar-refractivity contribution in [1.82, 2.24) is 0 Å². The van der Waals surface area contributed by atoms with Crippen LogP contribution in [0.2, 0.25) is 0 Å². The van der Waals surface area contributed by atoms with E-state index in [2.05, 4.69) is 6.92 Å². The Kier molecular flexibility index (Phi) is 4.17. The predicted molar refractivity (Wildman–Crippen MR) is 72.8 cm³/mol. The van der Waals surface area contributed by atoms with Gasteiger partial charge in [0.1, 0.15) is 6.10 Å². The average Bonchev–Trinajstić information content (AvgIpc) is 2.46. The third-order valence-corrected chi connectivity index (χ3v) is 3.20. The van der Waals surface area contributed by atoms with Gasteiger partial charge >= 0.3 is 0 Å². The van der Waals surface area contributed by atoms with Crippen molar-refractivity contribution in [3.63, 3.8) is 0 Å². The summed E-state index contributed by atoms with van der Waals surface area (Å²) in [5.41, 5.74) is 2.47. The molecule has 0 aliphatic rings. The van der Waals surface area contributed by atoms with Crippen molar-refractivity contribution in [1.29, 1.82) is 0 Å². The molecule has 1 unspecified atom stereocenters. The zero-order valence-electron chi connectivity index (χ0n) is 11.1. The molecule has 0 fully saturated rings. The zero-order valence-corrected chi connectivity index (χ0v) is 11.1. The van der Waals surface area contributed by atoms with Crippen LogP contribution in [0.4, 0.5) is 4.39 Å². The number of benzene rings is 2. The Labute approximate surface area is 112 Å². The first kappa shape index (κ1) is 13.6. The summed E-state index contributed by atoms with van der Waals surface area (Å²) in [6.45, 7) is 2.07. The first-order chi connectivity index (χ1) is 9.15. The maximum absolute atomic E-state index is 13.6. The van der Waals surface area contributed by atoms with E-state index in [0.717, 1.165) is 12.0 Å². The second-order valence-corrected chi connectivity index (χ2v) is 4.39. The SMILES string of the molecule is CCc1ccc(C(O)c2ccc(OC)c(F)c2)cc1. The molecule has 0 aliphatic heterocycles. The summed E-state index contributed by atoms with van der Waals surface area (Å²) in [6.07, 6.45) is 0.124. The number of ether oxygens (including phenoxy) is 1.